The van der Waals surface area contributed by atoms with E-state index in [4.69, 9.17) is 0 Å². The van der Waals surface area contributed by atoms with Crippen LogP contribution in [-0.4, -0.2) is 31.8 Å². The van der Waals surface area contributed by atoms with E-state index < -0.39 is 0 Å². The third kappa shape index (κ3) is 2.20. The molecular weight excluding hydrogens is 282 g/mol. The van der Waals surface area contributed by atoms with Crippen LogP contribution >= 0.6 is 0 Å². The number of nitrogens with one attached hydrogen (secondary N) is 1. The van der Waals surface area contributed by atoms with Crippen molar-refractivity contribution in [3.63, 3.8) is 0 Å². The summed E-state index contributed by atoms with van der Waals surface area (Å²) in [4.78, 5) is 30.2. The van der Waals surface area contributed by atoms with Crippen molar-refractivity contribution < 1.29 is 0 Å². The fourth-order valence-corrected chi connectivity index (χ4v) is 3.25. The zero-order valence-electron chi connectivity index (χ0n) is 13.4. The molecule has 3 heterocycles. The smallest absolute Gasteiger partial charge is 0.325 e. The molecule has 0 aliphatic carbocycles. The normalized spacial score (nSPS) is 16.5. The Morgan fingerprint density at radius 3 is 2.59 bits per heavy atom. The first-order chi connectivity index (χ1) is 10.6. The van der Waals surface area contributed by atoms with Crippen LogP contribution in [0.15, 0.2) is 9.59 Å². The van der Waals surface area contributed by atoms with Crippen molar-refractivity contribution in [2.45, 2.75) is 45.7 Å². The van der Waals surface area contributed by atoms with Gasteiger partial charge in [0.05, 0.1) is 0 Å². The van der Waals surface area contributed by atoms with Gasteiger partial charge in [0, 0.05) is 19.6 Å². The molecular formula is C15H23N5O2. The van der Waals surface area contributed by atoms with Gasteiger partial charge in [-0.2, -0.15) is 0 Å². The largest absolute Gasteiger partial charge is 0.333 e. The molecule has 2 aromatic heterocycles. The summed E-state index contributed by atoms with van der Waals surface area (Å²) >= 11 is 0. The summed E-state index contributed by atoms with van der Waals surface area (Å²) < 4.78 is 4.91. The molecule has 0 radical (unpaired) electrons. The summed E-state index contributed by atoms with van der Waals surface area (Å²) in [5.74, 6) is 0.749. The van der Waals surface area contributed by atoms with Gasteiger partial charge in [-0.25, -0.2) is 9.78 Å². The van der Waals surface area contributed by atoms with Crippen molar-refractivity contribution in [3.8, 4) is 0 Å². The average molecular weight is 305 g/mol. The predicted octanol–water partition coefficient (Wildman–Crippen LogP) is 0.540. The Labute approximate surface area is 128 Å². The van der Waals surface area contributed by atoms with Gasteiger partial charge in [0.25, 0.3) is 5.56 Å². The van der Waals surface area contributed by atoms with Gasteiger partial charge in [-0.3, -0.25) is 13.9 Å². The van der Waals surface area contributed by atoms with E-state index in [1.54, 1.807) is 9.13 Å². The first-order valence-corrected chi connectivity index (χ1v) is 7.95. The molecule has 2 aromatic rings. The molecule has 1 aliphatic heterocycles. The van der Waals surface area contributed by atoms with Crippen molar-refractivity contribution in [3.05, 3.63) is 26.7 Å². The summed E-state index contributed by atoms with van der Waals surface area (Å²) in [5, 5.41) is 3.27. The summed E-state index contributed by atoms with van der Waals surface area (Å²) in [6.07, 6.45) is 2.45. The number of rotatable bonds is 3. The number of nitrogens with zero attached hydrogens (tertiary/aromatic N) is 4. The number of fused-ring (bicyclic) bond motifs is 1. The lowest BCUT2D eigenvalue weighted by atomic mass is 10.1. The molecule has 1 N–H and O–H groups in total. The highest BCUT2D eigenvalue weighted by Crippen LogP contribution is 2.17. The van der Waals surface area contributed by atoms with E-state index in [1.807, 2.05) is 20.9 Å². The molecule has 22 heavy (non-hydrogen) atoms. The minimum atomic E-state index is -0.218. The molecule has 1 aliphatic rings. The van der Waals surface area contributed by atoms with Crippen LogP contribution in [0.25, 0.3) is 11.2 Å². The standard InChI is InChI=1S/C15H23N5O2/c1-4-9-19-13-12(18(3)10(2)17-13)14(21)20(15(19)22)11-5-7-16-8-6-11/h11,16H,4-9H2,1-3H3. The van der Waals surface area contributed by atoms with Crippen LogP contribution in [0.1, 0.15) is 38.1 Å². The Morgan fingerprint density at radius 1 is 1.27 bits per heavy atom. The third-order valence-corrected chi connectivity index (χ3v) is 4.54. The van der Waals surface area contributed by atoms with E-state index in [1.165, 1.54) is 4.57 Å². The van der Waals surface area contributed by atoms with Crippen LogP contribution in [0, 0.1) is 6.92 Å². The molecule has 7 nitrogen and oxygen atoms in total. The Morgan fingerprint density at radius 2 is 1.95 bits per heavy atom. The van der Waals surface area contributed by atoms with E-state index in [2.05, 4.69) is 10.3 Å². The average Bonchev–Trinajstić information content (AvgIpc) is 2.81. The van der Waals surface area contributed by atoms with E-state index in [0.29, 0.717) is 17.7 Å². The van der Waals surface area contributed by atoms with Crippen LogP contribution in [0.4, 0.5) is 0 Å². The second-order valence-electron chi connectivity index (χ2n) is 5.98. The van der Waals surface area contributed by atoms with Crippen molar-refractivity contribution in [2.75, 3.05) is 13.1 Å². The van der Waals surface area contributed by atoms with E-state index in [-0.39, 0.29) is 17.3 Å². The lowest BCUT2D eigenvalue weighted by molar-refractivity contribution is 0.344. The maximum atomic E-state index is 12.9. The zero-order chi connectivity index (χ0) is 15.9. The van der Waals surface area contributed by atoms with Crippen LogP contribution in [0.3, 0.4) is 0 Å². The second kappa shape index (κ2) is 5.72. The third-order valence-electron chi connectivity index (χ3n) is 4.54. The summed E-state index contributed by atoms with van der Waals surface area (Å²) in [6.45, 7) is 6.14. The van der Waals surface area contributed by atoms with Gasteiger partial charge >= 0.3 is 5.69 Å². The number of hydrogen-bond donors (Lipinski definition) is 1. The molecule has 3 rings (SSSR count). The molecule has 1 fully saturated rings. The Hall–Kier alpha value is -1.89. The maximum absolute atomic E-state index is 12.9. The van der Waals surface area contributed by atoms with Gasteiger partial charge in [0.15, 0.2) is 11.2 Å². The van der Waals surface area contributed by atoms with Crippen molar-refractivity contribution in [1.29, 1.82) is 0 Å². The van der Waals surface area contributed by atoms with Gasteiger partial charge < -0.3 is 9.88 Å². The highest BCUT2D eigenvalue weighted by molar-refractivity contribution is 5.71. The first kappa shape index (κ1) is 15.0. The fourth-order valence-electron chi connectivity index (χ4n) is 3.25. The predicted molar refractivity (Wildman–Crippen MR) is 85.4 cm³/mol. The quantitative estimate of drug-likeness (QED) is 0.898. The Bertz CT molecular complexity index is 808. The highest BCUT2D eigenvalue weighted by atomic mass is 16.2. The monoisotopic (exact) mass is 305 g/mol. The minimum Gasteiger partial charge on any atom is -0.325 e. The Balaban J connectivity index is 2.34. The number of imidazole rings is 1. The number of aromatic nitrogens is 4. The maximum Gasteiger partial charge on any atom is 0.333 e. The van der Waals surface area contributed by atoms with Gasteiger partial charge in [-0.05, 0) is 39.3 Å². The SMILES string of the molecule is CCCn1c(=O)n(C2CCNCC2)c(=O)c2c1nc(C)n2C. The van der Waals surface area contributed by atoms with Gasteiger partial charge in [0.1, 0.15) is 5.82 Å². The molecule has 0 spiro atoms. The van der Waals surface area contributed by atoms with Gasteiger partial charge in [0.2, 0.25) is 0 Å². The van der Waals surface area contributed by atoms with Gasteiger partial charge in [-0.15, -0.1) is 0 Å². The Kier molecular flexibility index (Phi) is 3.90. The fraction of sp³-hybridized carbons (Fsp3) is 0.667. The van der Waals surface area contributed by atoms with Crippen molar-refractivity contribution in [1.82, 2.24) is 24.0 Å². The molecule has 1 saturated heterocycles. The summed E-state index contributed by atoms with van der Waals surface area (Å²) in [7, 11) is 1.83. The molecule has 120 valence electrons. The topological polar surface area (TPSA) is 73.8 Å². The summed E-state index contributed by atoms with van der Waals surface area (Å²) in [6, 6.07) is -0.0241. The molecule has 0 unspecified atom stereocenters. The van der Waals surface area contributed by atoms with Crippen molar-refractivity contribution in [2.24, 2.45) is 7.05 Å². The highest BCUT2D eigenvalue weighted by Gasteiger charge is 2.24. The minimum absolute atomic E-state index is 0.0241. The molecule has 0 amide bonds. The van der Waals surface area contributed by atoms with Crippen LogP contribution < -0.4 is 16.6 Å². The lowest BCUT2D eigenvalue weighted by Crippen LogP contribution is -2.45. The van der Waals surface area contributed by atoms with E-state index >= 15 is 0 Å². The first-order valence-electron chi connectivity index (χ1n) is 7.95. The summed E-state index contributed by atoms with van der Waals surface area (Å²) in [5.41, 5.74) is 0.623. The number of aryl methyl sites for hydroxylation is 3. The van der Waals surface area contributed by atoms with Crippen LogP contribution in [-0.2, 0) is 13.6 Å². The van der Waals surface area contributed by atoms with Crippen LogP contribution in [0.2, 0.25) is 0 Å². The zero-order valence-corrected chi connectivity index (χ0v) is 13.4. The second-order valence-corrected chi connectivity index (χ2v) is 5.98. The molecule has 0 bridgehead atoms. The molecule has 0 atom stereocenters. The van der Waals surface area contributed by atoms with Crippen molar-refractivity contribution >= 4 is 11.2 Å². The molecule has 0 aromatic carbocycles. The van der Waals surface area contributed by atoms with E-state index in [0.717, 1.165) is 38.2 Å². The van der Waals surface area contributed by atoms with Gasteiger partial charge in [-0.1, -0.05) is 6.92 Å². The molecule has 7 heteroatoms. The number of piperidine rings is 1. The number of hydrogen-bond acceptors (Lipinski definition) is 4. The van der Waals surface area contributed by atoms with E-state index in [9.17, 15) is 9.59 Å². The lowest BCUT2D eigenvalue weighted by Gasteiger charge is -2.24. The molecule has 0 saturated carbocycles. The van der Waals surface area contributed by atoms with Crippen LogP contribution in [0.5, 0.6) is 0 Å².